The molecule has 0 aliphatic carbocycles. The number of rotatable bonds is 4. The van der Waals surface area contributed by atoms with Gasteiger partial charge >= 0.3 is 0 Å². The van der Waals surface area contributed by atoms with E-state index in [2.05, 4.69) is 20.9 Å². The summed E-state index contributed by atoms with van der Waals surface area (Å²) in [6.45, 7) is 0. The van der Waals surface area contributed by atoms with E-state index in [4.69, 9.17) is 4.42 Å². The summed E-state index contributed by atoms with van der Waals surface area (Å²) in [7, 11) is 0. The third-order valence-corrected chi connectivity index (χ3v) is 5.82. The van der Waals surface area contributed by atoms with Crippen molar-refractivity contribution in [1.82, 2.24) is 4.98 Å². The maximum absolute atomic E-state index is 14.7. The van der Waals surface area contributed by atoms with Crippen LogP contribution in [0.15, 0.2) is 87.2 Å². The Labute approximate surface area is 193 Å². The van der Waals surface area contributed by atoms with E-state index < -0.39 is 35.1 Å². The van der Waals surface area contributed by atoms with Crippen molar-refractivity contribution >= 4 is 44.3 Å². The lowest BCUT2D eigenvalue weighted by molar-refractivity contribution is -0.117. The minimum atomic E-state index is -1.21. The molecule has 0 spiro atoms. The molecule has 4 aromatic rings. The molecule has 1 aliphatic heterocycles. The average molecular weight is 511 g/mol. The molecule has 5 rings (SSSR count). The van der Waals surface area contributed by atoms with Crippen LogP contribution in [0.4, 0.5) is 14.5 Å². The highest BCUT2D eigenvalue weighted by atomic mass is 79.9. The normalized spacial score (nSPS) is 16.2. The van der Waals surface area contributed by atoms with E-state index in [0.717, 1.165) is 21.5 Å². The number of anilines is 1. The molecule has 33 heavy (non-hydrogen) atoms. The van der Waals surface area contributed by atoms with Crippen LogP contribution in [0.25, 0.3) is 11.0 Å². The SMILES string of the molecule is O=C(C1=C(O)C(=O)N(c2ccc(F)cc2F)C1c1cccnc1)c1cc2cc(Br)ccc2o1. The fourth-order valence-corrected chi connectivity index (χ4v) is 4.25. The molecule has 6 nitrogen and oxygen atoms in total. The van der Waals surface area contributed by atoms with E-state index in [1.807, 2.05) is 0 Å². The van der Waals surface area contributed by atoms with Gasteiger partial charge in [-0.25, -0.2) is 8.78 Å². The molecule has 0 saturated heterocycles. The quantitative estimate of drug-likeness (QED) is 0.358. The van der Waals surface area contributed by atoms with Gasteiger partial charge in [0.05, 0.1) is 17.3 Å². The molecule has 0 radical (unpaired) electrons. The third kappa shape index (κ3) is 3.50. The summed E-state index contributed by atoms with van der Waals surface area (Å²) in [6.07, 6.45) is 2.89. The van der Waals surface area contributed by atoms with Crippen LogP contribution < -0.4 is 4.90 Å². The van der Waals surface area contributed by atoms with Gasteiger partial charge < -0.3 is 9.52 Å². The Bertz CT molecular complexity index is 1470. The lowest BCUT2D eigenvalue weighted by atomic mass is 9.96. The number of furan rings is 1. The maximum Gasteiger partial charge on any atom is 0.294 e. The van der Waals surface area contributed by atoms with Gasteiger partial charge in [0.25, 0.3) is 5.91 Å². The number of aliphatic hydroxyl groups excluding tert-OH is 1. The molecule has 0 bridgehead atoms. The predicted molar refractivity (Wildman–Crippen MR) is 119 cm³/mol. The van der Waals surface area contributed by atoms with Gasteiger partial charge in [-0.2, -0.15) is 0 Å². The number of carbonyl (C=O) groups excluding carboxylic acids is 2. The highest BCUT2D eigenvalue weighted by Gasteiger charge is 2.46. The minimum absolute atomic E-state index is 0.104. The van der Waals surface area contributed by atoms with Crippen LogP contribution in [0.2, 0.25) is 0 Å². The summed E-state index contributed by atoms with van der Waals surface area (Å²) in [5.41, 5.74) is 0.194. The van der Waals surface area contributed by atoms with Crippen molar-refractivity contribution < 1.29 is 27.9 Å². The molecular weight excluding hydrogens is 498 g/mol. The van der Waals surface area contributed by atoms with E-state index in [-0.39, 0.29) is 17.0 Å². The zero-order valence-corrected chi connectivity index (χ0v) is 18.2. The zero-order chi connectivity index (χ0) is 23.3. The molecule has 0 fully saturated rings. The Balaban J connectivity index is 1.67. The fraction of sp³-hybridized carbons (Fsp3) is 0.0417. The van der Waals surface area contributed by atoms with Crippen molar-refractivity contribution in [3.63, 3.8) is 0 Å². The largest absolute Gasteiger partial charge is 0.503 e. The molecule has 9 heteroatoms. The lowest BCUT2D eigenvalue weighted by Gasteiger charge is -2.26. The highest BCUT2D eigenvalue weighted by Crippen LogP contribution is 2.43. The first-order valence-corrected chi connectivity index (χ1v) is 10.5. The number of amides is 1. The number of aromatic nitrogens is 1. The first-order chi connectivity index (χ1) is 15.8. The molecular formula is C24H13BrF2N2O4. The smallest absolute Gasteiger partial charge is 0.294 e. The Morgan fingerprint density at radius 2 is 1.94 bits per heavy atom. The molecule has 1 aliphatic rings. The number of hydrogen-bond donors (Lipinski definition) is 1. The molecule has 1 unspecified atom stereocenters. The van der Waals surface area contributed by atoms with Gasteiger partial charge in [0.1, 0.15) is 17.2 Å². The van der Waals surface area contributed by atoms with E-state index in [0.29, 0.717) is 22.6 Å². The Kier molecular flexibility index (Phi) is 5.05. The Morgan fingerprint density at radius 1 is 1.12 bits per heavy atom. The van der Waals surface area contributed by atoms with Crippen molar-refractivity contribution in [2.45, 2.75) is 6.04 Å². The van der Waals surface area contributed by atoms with Gasteiger partial charge in [0.2, 0.25) is 5.78 Å². The van der Waals surface area contributed by atoms with Gasteiger partial charge in [-0.1, -0.05) is 22.0 Å². The van der Waals surface area contributed by atoms with Crippen LogP contribution in [0.5, 0.6) is 0 Å². The molecule has 2 aromatic heterocycles. The number of fused-ring (bicyclic) bond motifs is 1. The van der Waals surface area contributed by atoms with Crippen molar-refractivity contribution in [3.8, 4) is 0 Å². The highest BCUT2D eigenvalue weighted by molar-refractivity contribution is 9.10. The molecule has 0 saturated carbocycles. The zero-order valence-electron chi connectivity index (χ0n) is 16.6. The summed E-state index contributed by atoms with van der Waals surface area (Å²) in [5, 5.41) is 11.4. The topological polar surface area (TPSA) is 83.6 Å². The van der Waals surface area contributed by atoms with E-state index in [9.17, 15) is 23.5 Å². The number of ketones is 1. The summed E-state index contributed by atoms with van der Waals surface area (Å²) >= 11 is 3.35. The van der Waals surface area contributed by atoms with E-state index in [1.54, 1.807) is 30.3 Å². The molecule has 1 amide bonds. The standard InChI is InChI=1S/C24H13BrF2N2O4/c25-14-3-6-18-13(8-14)9-19(33-18)22(30)20-21(12-2-1-7-28-11-12)29(24(32)23(20)31)17-5-4-15(26)10-16(17)27/h1-11,21,31H. The maximum atomic E-state index is 14.7. The number of carbonyl (C=O) groups is 2. The Hall–Kier alpha value is -3.85. The molecule has 3 heterocycles. The van der Waals surface area contributed by atoms with Crippen molar-refractivity contribution in [2.24, 2.45) is 0 Å². The number of halogens is 3. The second-order valence-corrected chi connectivity index (χ2v) is 8.26. The number of benzene rings is 2. The van der Waals surface area contributed by atoms with Crippen molar-refractivity contribution in [3.05, 3.63) is 106 Å². The van der Waals surface area contributed by atoms with Crippen LogP contribution in [-0.4, -0.2) is 21.8 Å². The second kappa shape index (κ2) is 7.93. The number of hydrogen-bond acceptors (Lipinski definition) is 5. The number of pyridine rings is 1. The van der Waals surface area contributed by atoms with Gasteiger partial charge in [0.15, 0.2) is 11.5 Å². The lowest BCUT2D eigenvalue weighted by Crippen LogP contribution is -2.31. The van der Waals surface area contributed by atoms with Gasteiger partial charge in [-0.05, 0) is 48.0 Å². The van der Waals surface area contributed by atoms with Gasteiger partial charge in [-0.3, -0.25) is 19.5 Å². The predicted octanol–water partition coefficient (Wildman–Crippen LogP) is 5.65. The van der Waals surface area contributed by atoms with E-state index in [1.165, 1.54) is 18.5 Å². The Morgan fingerprint density at radius 3 is 2.67 bits per heavy atom. The number of Topliss-reactive ketones (excluding diaryl/α,β-unsaturated/α-hetero) is 1. The summed E-state index contributed by atoms with van der Waals surface area (Å²) < 4.78 is 34.6. The second-order valence-electron chi connectivity index (χ2n) is 7.34. The van der Waals surface area contributed by atoms with Gasteiger partial charge in [0, 0.05) is 28.3 Å². The first kappa shape index (κ1) is 21.0. The van der Waals surface area contributed by atoms with Crippen LogP contribution in [0.3, 0.4) is 0 Å². The van der Waals surface area contributed by atoms with Crippen LogP contribution in [0.1, 0.15) is 22.2 Å². The van der Waals surface area contributed by atoms with E-state index >= 15 is 0 Å². The minimum Gasteiger partial charge on any atom is -0.503 e. The average Bonchev–Trinajstić information content (AvgIpc) is 3.33. The van der Waals surface area contributed by atoms with Crippen molar-refractivity contribution in [1.29, 1.82) is 0 Å². The summed E-state index contributed by atoms with van der Waals surface area (Å²) in [5.74, 6) is -4.55. The molecule has 164 valence electrons. The fourth-order valence-electron chi connectivity index (χ4n) is 3.87. The van der Waals surface area contributed by atoms with Crippen molar-refractivity contribution in [2.75, 3.05) is 4.90 Å². The third-order valence-electron chi connectivity index (χ3n) is 5.32. The summed E-state index contributed by atoms with van der Waals surface area (Å²) in [4.78, 5) is 31.4. The van der Waals surface area contributed by atoms with Crippen LogP contribution >= 0.6 is 15.9 Å². The van der Waals surface area contributed by atoms with Crippen LogP contribution in [0, 0.1) is 11.6 Å². The number of aliphatic hydroxyl groups is 1. The first-order valence-electron chi connectivity index (χ1n) is 9.70. The molecule has 2 aromatic carbocycles. The van der Waals surface area contributed by atoms with Gasteiger partial charge in [-0.15, -0.1) is 0 Å². The molecule has 1 atom stereocenters. The number of nitrogens with zero attached hydrogens (tertiary/aromatic N) is 2. The monoisotopic (exact) mass is 510 g/mol. The summed E-state index contributed by atoms with van der Waals surface area (Å²) in [6, 6.07) is 11.3. The van der Waals surface area contributed by atoms with Crippen LogP contribution in [-0.2, 0) is 4.79 Å². The molecule has 1 N–H and O–H groups in total.